The number of hydrogen-bond donors (Lipinski definition) is 3. The first-order chi connectivity index (χ1) is 4.13. The van der Waals surface area contributed by atoms with Crippen molar-refractivity contribution in [2.45, 2.75) is 26.1 Å². The van der Waals surface area contributed by atoms with Crippen LogP contribution in [0.25, 0.3) is 0 Å². The quantitative estimate of drug-likeness (QED) is 0.477. The van der Waals surface area contributed by atoms with Crippen LogP contribution in [-0.4, -0.2) is 35.5 Å². The lowest BCUT2D eigenvalue weighted by atomic mass is 10.3. The topological polar surface area (TPSA) is 52.5 Å². The molecule has 0 radical (unpaired) electrons. The molecule has 0 unspecified atom stereocenters. The number of nitrogens with one attached hydrogen (secondary N) is 1. The normalized spacial score (nSPS) is 17.3. The molecule has 0 fully saturated rings. The molecular weight excluding hydrogens is 118 g/mol. The molecular formula is C6H15NO2. The van der Waals surface area contributed by atoms with Gasteiger partial charge in [0, 0.05) is 13.1 Å². The van der Waals surface area contributed by atoms with Gasteiger partial charge in [0.15, 0.2) is 0 Å². The highest BCUT2D eigenvalue weighted by atomic mass is 16.3. The van der Waals surface area contributed by atoms with Crippen LogP contribution in [0.5, 0.6) is 0 Å². The van der Waals surface area contributed by atoms with E-state index in [9.17, 15) is 0 Å². The molecule has 0 aromatic heterocycles. The van der Waals surface area contributed by atoms with E-state index in [1.807, 2.05) is 0 Å². The summed E-state index contributed by atoms with van der Waals surface area (Å²) in [6, 6.07) is 0. The summed E-state index contributed by atoms with van der Waals surface area (Å²) in [6.45, 7) is 4.50. The Morgan fingerprint density at radius 3 is 1.67 bits per heavy atom. The molecule has 0 spiro atoms. The van der Waals surface area contributed by atoms with Gasteiger partial charge in [0.25, 0.3) is 0 Å². The van der Waals surface area contributed by atoms with Gasteiger partial charge in [-0.1, -0.05) is 0 Å². The van der Waals surface area contributed by atoms with Crippen molar-refractivity contribution in [1.82, 2.24) is 5.32 Å². The lowest BCUT2D eigenvalue weighted by molar-refractivity contribution is 0.164. The zero-order valence-corrected chi connectivity index (χ0v) is 5.96. The molecule has 0 aromatic carbocycles. The van der Waals surface area contributed by atoms with Crippen molar-refractivity contribution in [3.8, 4) is 0 Å². The van der Waals surface area contributed by atoms with Crippen molar-refractivity contribution in [3.63, 3.8) is 0 Å². The monoisotopic (exact) mass is 133 g/mol. The van der Waals surface area contributed by atoms with E-state index in [0.29, 0.717) is 13.1 Å². The highest BCUT2D eigenvalue weighted by molar-refractivity contribution is 4.55. The average Bonchev–Trinajstić information content (AvgIpc) is 1.63. The summed E-state index contributed by atoms with van der Waals surface area (Å²) in [6.07, 6.45) is -0.660. The molecule has 0 rings (SSSR count). The highest BCUT2D eigenvalue weighted by Crippen LogP contribution is 1.77. The number of aliphatic hydroxyl groups is 2. The van der Waals surface area contributed by atoms with Crippen molar-refractivity contribution in [2.24, 2.45) is 0 Å². The largest absolute Gasteiger partial charge is 0.392 e. The second-order valence-corrected chi connectivity index (χ2v) is 2.36. The third kappa shape index (κ3) is 7.88. The lowest BCUT2D eigenvalue weighted by Crippen LogP contribution is -2.30. The predicted molar refractivity (Wildman–Crippen MR) is 36.2 cm³/mol. The first-order valence-corrected chi connectivity index (χ1v) is 3.19. The second kappa shape index (κ2) is 4.73. The number of rotatable bonds is 4. The van der Waals surface area contributed by atoms with E-state index in [1.54, 1.807) is 13.8 Å². The Morgan fingerprint density at radius 2 is 1.44 bits per heavy atom. The van der Waals surface area contributed by atoms with Gasteiger partial charge in [-0.05, 0) is 13.8 Å². The SMILES string of the molecule is C[C@H](O)CNC[C@@H](C)O. The number of hydrogen-bond acceptors (Lipinski definition) is 3. The van der Waals surface area contributed by atoms with Crippen LogP contribution in [0.4, 0.5) is 0 Å². The lowest BCUT2D eigenvalue weighted by Gasteiger charge is -2.07. The standard InChI is InChI=1S/C6H15NO2/c1-5(8)3-7-4-6(2)9/h5-9H,3-4H2,1-2H3/t5-,6+. The minimum Gasteiger partial charge on any atom is -0.392 e. The Labute approximate surface area is 55.7 Å². The molecule has 0 amide bonds. The Balaban J connectivity index is 2.91. The van der Waals surface area contributed by atoms with Crippen LogP contribution in [0.15, 0.2) is 0 Å². The van der Waals surface area contributed by atoms with Crippen molar-refractivity contribution >= 4 is 0 Å². The average molecular weight is 133 g/mol. The predicted octanol–water partition coefficient (Wildman–Crippen LogP) is -0.662. The molecule has 0 aliphatic rings. The van der Waals surface area contributed by atoms with Gasteiger partial charge in [-0.15, -0.1) is 0 Å². The first kappa shape index (κ1) is 8.88. The van der Waals surface area contributed by atoms with Crippen LogP contribution < -0.4 is 5.32 Å². The molecule has 56 valence electrons. The third-order valence-corrected chi connectivity index (χ3v) is 0.879. The summed E-state index contributed by atoms with van der Waals surface area (Å²) >= 11 is 0. The summed E-state index contributed by atoms with van der Waals surface area (Å²) in [4.78, 5) is 0. The van der Waals surface area contributed by atoms with Gasteiger partial charge in [-0.2, -0.15) is 0 Å². The number of aliphatic hydroxyl groups excluding tert-OH is 2. The van der Waals surface area contributed by atoms with Crippen LogP contribution in [0, 0.1) is 0 Å². The summed E-state index contributed by atoms with van der Waals surface area (Å²) < 4.78 is 0. The maximum atomic E-state index is 8.72. The Hall–Kier alpha value is -0.120. The fourth-order valence-corrected chi connectivity index (χ4v) is 0.501. The van der Waals surface area contributed by atoms with Gasteiger partial charge in [0.2, 0.25) is 0 Å². The zero-order chi connectivity index (χ0) is 7.28. The molecule has 2 atom stereocenters. The van der Waals surface area contributed by atoms with Crippen LogP contribution in [0.3, 0.4) is 0 Å². The minimum absolute atomic E-state index is 0.330. The van der Waals surface area contributed by atoms with Gasteiger partial charge >= 0.3 is 0 Å². The molecule has 9 heavy (non-hydrogen) atoms. The van der Waals surface area contributed by atoms with E-state index >= 15 is 0 Å². The van der Waals surface area contributed by atoms with Gasteiger partial charge in [0.1, 0.15) is 0 Å². The zero-order valence-electron chi connectivity index (χ0n) is 5.96. The molecule has 0 bridgehead atoms. The van der Waals surface area contributed by atoms with Gasteiger partial charge in [-0.3, -0.25) is 0 Å². The van der Waals surface area contributed by atoms with Crippen LogP contribution >= 0.6 is 0 Å². The van der Waals surface area contributed by atoms with Crippen molar-refractivity contribution in [2.75, 3.05) is 13.1 Å². The molecule has 3 nitrogen and oxygen atoms in total. The van der Waals surface area contributed by atoms with Crippen LogP contribution in [-0.2, 0) is 0 Å². The Bertz CT molecular complexity index is 56.1. The Morgan fingerprint density at radius 1 is 1.11 bits per heavy atom. The molecule has 0 saturated carbocycles. The fourth-order valence-electron chi connectivity index (χ4n) is 0.501. The van der Waals surface area contributed by atoms with Crippen LogP contribution in [0.2, 0.25) is 0 Å². The van der Waals surface area contributed by atoms with E-state index < -0.39 is 0 Å². The molecule has 3 heteroatoms. The minimum atomic E-state index is -0.330. The smallest absolute Gasteiger partial charge is 0.0636 e. The first-order valence-electron chi connectivity index (χ1n) is 3.19. The van der Waals surface area contributed by atoms with E-state index in [-0.39, 0.29) is 12.2 Å². The van der Waals surface area contributed by atoms with Crippen LogP contribution in [0.1, 0.15) is 13.8 Å². The van der Waals surface area contributed by atoms with E-state index in [0.717, 1.165) is 0 Å². The maximum absolute atomic E-state index is 8.72. The van der Waals surface area contributed by atoms with Crippen molar-refractivity contribution in [1.29, 1.82) is 0 Å². The maximum Gasteiger partial charge on any atom is 0.0636 e. The van der Waals surface area contributed by atoms with Gasteiger partial charge < -0.3 is 15.5 Å². The van der Waals surface area contributed by atoms with Crippen molar-refractivity contribution < 1.29 is 10.2 Å². The highest BCUT2D eigenvalue weighted by Gasteiger charge is 1.96. The van der Waals surface area contributed by atoms with Gasteiger partial charge in [-0.25, -0.2) is 0 Å². The van der Waals surface area contributed by atoms with E-state index in [4.69, 9.17) is 10.2 Å². The molecule has 0 aliphatic heterocycles. The molecule has 0 aliphatic carbocycles. The third-order valence-electron chi connectivity index (χ3n) is 0.879. The van der Waals surface area contributed by atoms with E-state index in [2.05, 4.69) is 5.32 Å². The summed E-state index contributed by atoms with van der Waals surface area (Å²) in [5.74, 6) is 0. The summed E-state index contributed by atoms with van der Waals surface area (Å²) in [5, 5.41) is 20.3. The summed E-state index contributed by atoms with van der Waals surface area (Å²) in [5.41, 5.74) is 0. The second-order valence-electron chi connectivity index (χ2n) is 2.36. The fraction of sp³-hybridized carbons (Fsp3) is 1.00. The molecule has 0 saturated heterocycles. The van der Waals surface area contributed by atoms with Crippen molar-refractivity contribution in [3.05, 3.63) is 0 Å². The molecule has 0 heterocycles. The molecule has 3 N–H and O–H groups in total. The van der Waals surface area contributed by atoms with Gasteiger partial charge in [0.05, 0.1) is 12.2 Å². The Kier molecular flexibility index (Phi) is 4.67. The molecule has 0 aromatic rings. The van der Waals surface area contributed by atoms with E-state index in [1.165, 1.54) is 0 Å². The summed E-state index contributed by atoms with van der Waals surface area (Å²) in [7, 11) is 0.